The number of likely N-dealkylation sites (N-methyl/N-ethyl adjacent to an activating group) is 2. The fourth-order valence-electron chi connectivity index (χ4n) is 1.67. The maximum Gasteiger partial charge on any atom is 0.239 e. The van der Waals surface area contributed by atoms with Crippen molar-refractivity contribution in [3.05, 3.63) is 0 Å². The Bertz CT molecular complexity index is 292. The molecule has 1 aliphatic rings. The molecule has 1 heterocycles. The van der Waals surface area contributed by atoms with Crippen LogP contribution < -0.4 is 10.6 Å². The third-order valence-corrected chi connectivity index (χ3v) is 3.15. The number of rotatable bonds is 7. The van der Waals surface area contributed by atoms with Gasteiger partial charge in [-0.3, -0.25) is 14.5 Å². The highest BCUT2D eigenvalue weighted by atomic mass is 16.2. The molecule has 18 heavy (non-hydrogen) atoms. The first-order chi connectivity index (χ1) is 8.54. The number of hydrogen-bond acceptors (Lipinski definition) is 4. The molecule has 0 atom stereocenters. The predicted molar refractivity (Wildman–Crippen MR) is 70.2 cm³/mol. The van der Waals surface area contributed by atoms with E-state index < -0.39 is 0 Å². The highest BCUT2D eigenvalue weighted by molar-refractivity contribution is 5.85. The second-order valence-corrected chi connectivity index (χ2v) is 4.83. The Labute approximate surface area is 109 Å². The van der Waals surface area contributed by atoms with Gasteiger partial charge in [-0.2, -0.15) is 0 Å². The van der Waals surface area contributed by atoms with Crippen molar-refractivity contribution in [1.29, 1.82) is 0 Å². The molecule has 0 aromatic heterocycles. The van der Waals surface area contributed by atoms with Crippen LogP contribution >= 0.6 is 0 Å². The van der Waals surface area contributed by atoms with Crippen molar-refractivity contribution < 1.29 is 9.59 Å². The molecule has 0 radical (unpaired) electrons. The second kappa shape index (κ2) is 7.33. The smallest absolute Gasteiger partial charge is 0.239 e. The van der Waals surface area contributed by atoms with Crippen LogP contribution in [0.1, 0.15) is 13.3 Å². The van der Waals surface area contributed by atoms with Crippen molar-refractivity contribution in [3.8, 4) is 0 Å². The zero-order chi connectivity index (χ0) is 13.5. The SMILES string of the molecule is CCCNC(=O)CN(C)C(=O)CN(C)C1CNC1. The van der Waals surface area contributed by atoms with E-state index in [9.17, 15) is 9.59 Å². The quantitative estimate of drug-likeness (QED) is 0.605. The van der Waals surface area contributed by atoms with Crippen LogP contribution in [0.5, 0.6) is 0 Å². The van der Waals surface area contributed by atoms with Gasteiger partial charge in [-0.05, 0) is 13.5 Å². The lowest BCUT2D eigenvalue weighted by molar-refractivity contribution is -0.135. The van der Waals surface area contributed by atoms with Crippen molar-refractivity contribution in [2.24, 2.45) is 0 Å². The molecule has 104 valence electrons. The summed E-state index contributed by atoms with van der Waals surface area (Å²) in [6.45, 7) is 5.03. The van der Waals surface area contributed by atoms with Gasteiger partial charge >= 0.3 is 0 Å². The first kappa shape index (κ1) is 14.9. The number of carbonyl (C=O) groups excluding carboxylic acids is 2. The van der Waals surface area contributed by atoms with E-state index in [0.717, 1.165) is 19.5 Å². The zero-order valence-corrected chi connectivity index (χ0v) is 11.5. The van der Waals surface area contributed by atoms with Gasteiger partial charge in [-0.25, -0.2) is 0 Å². The summed E-state index contributed by atoms with van der Waals surface area (Å²) >= 11 is 0. The lowest BCUT2D eigenvalue weighted by atomic mass is 10.1. The van der Waals surface area contributed by atoms with Gasteiger partial charge in [-0.1, -0.05) is 6.92 Å². The summed E-state index contributed by atoms with van der Waals surface area (Å²) in [7, 11) is 3.61. The van der Waals surface area contributed by atoms with E-state index >= 15 is 0 Å². The molecule has 0 aromatic carbocycles. The van der Waals surface area contributed by atoms with Gasteiger partial charge in [0.1, 0.15) is 0 Å². The summed E-state index contributed by atoms with van der Waals surface area (Å²) in [5, 5.41) is 5.93. The van der Waals surface area contributed by atoms with E-state index in [0.29, 0.717) is 19.1 Å². The molecule has 0 aliphatic carbocycles. The van der Waals surface area contributed by atoms with Crippen molar-refractivity contribution in [2.75, 3.05) is 46.8 Å². The lowest BCUT2D eigenvalue weighted by Crippen LogP contribution is -2.57. The number of amides is 2. The first-order valence-corrected chi connectivity index (χ1v) is 6.46. The summed E-state index contributed by atoms with van der Waals surface area (Å²) in [6.07, 6.45) is 0.904. The number of hydrogen-bond donors (Lipinski definition) is 2. The van der Waals surface area contributed by atoms with Crippen LogP contribution in [0.4, 0.5) is 0 Å². The third kappa shape index (κ3) is 4.62. The van der Waals surface area contributed by atoms with Crippen LogP contribution in [0.25, 0.3) is 0 Å². The first-order valence-electron chi connectivity index (χ1n) is 6.46. The average Bonchev–Trinajstić information content (AvgIpc) is 2.23. The lowest BCUT2D eigenvalue weighted by Gasteiger charge is -2.35. The molecule has 1 fully saturated rings. The molecule has 2 N–H and O–H groups in total. The topological polar surface area (TPSA) is 64.7 Å². The molecule has 1 aliphatic heterocycles. The largest absolute Gasteiger partial charge is 0.355 e. The standard InChI is InChI=1S/C12H24N4O2/c1-4-5-14-11(17)8-16(3)12(18)9-15(2)10-6-13-7-10/h10,13H,4-9H2,1-3H3,(H,14,17). The van der Waals surface area contributed by atoms with Crippen LogP contribution in [0.15, 0.2) is 0 Å². The summed E-state index contributed by atoms with van der Waals surface area (Å²) in [5.74, 6) is -0.114. The number of nitrogens with zero attached hydrogens (tertiary/aromatic N) is 2. The summed E-state index contributed by atoms with van der Waals surface area (Å²) in [4.78, 5) is 26.9. The summed E-state index contributed by atoms with van der Waals surface area (Å²) in [6, 6.07) is 0.441. The molecule has 1 rings (SSSR count). The minimum absolute atomic E-state index is 0.0175. The Kier molecular flexibility index (Phi) is 6.07. The van der Waals surface area contributed by atoms with Gasteiger partial charge in [0.05, 0.1) is 13.1 Å². The molecular formula is C12H24N4O2. The Morgan fingerprint density at radius 2 is 1.94 bits per heavy atom. The van der Waals surface area contributed by atoms with Crippen LogP contribution in [-0.4, -0.2) is 74.5 Å². The minimum Gasteiger partial charge on any atom is -0.355 e. The minimum atomic E-state index is -0.0966. The molecule has 1 saturated heterocycles. The molecule has 0 unspecified atom stereocenters. The molecule has 6 nitrogen and oxygen atoms in total. The van der Waals surface area contributed by atoms with Crippen LogP contribution in [0.2, 0.25) is 0 Å². The Morgan fingerprint density at radius 1 is 1.28 bits per heavy atom. The van der Waals surface area contributed by atoms with Gasteiger partial charge < -0.3 is 15.5 Å². The van der Waals surface area contributed by atoms with Gasteiger partial charge in [0.15, 0.2) is 0 Å². The molecule has 6 heteroatoms. The van der Waals surface area contributed by atoms with E-state index in [-0.39, 0.29) is 18.4 Å². The molecule has 0 bridgehead atoms. The zero-order valence-electron chi connectivity index (χ0n) is 11.5. The van der Waals surface area contributed by atoms with Crippen LogP contribution in [-0.2, 0) is 9.59 Å². The Balaban J connectivity index is 2.25. The number of nitrogens with one attached hydrogen (secondary N) is 2. The molecule has 2 amide bonds. The van der Waals surface area contributed by atoms with Crippen molar-refractivity contribution in [2.45, 2.75) is 19.4 Å². The van der Waals surface area contributed by atoms with Crippen molar-refractivity contribution in [3.63, 3.8) is 0 Å². The predicted octanol–water partition coefficient (Wildman–Crippen LogP) is -1.13. The fraction of sp³-hybridized carbons (Fsp3) is 0.833. The van der Waals surface area contributed by atoms with Gasteiger partial charge in [0.25, 0.3) is 0 Å². The van der Waals surface area contributed by atoms with Crippen molar-refractivity contribution >= 4 is 11.8 Å². The highest BCUT2D eigenvalue weighted by Gasteiger charge is 2.24. The monoisotopic (exact) mass is 256 g/mol. The normalized spacial score (nSPS) is 15.3. The van der Waals surface area contributed by atoms with Gasteiger partial charge in [0, 0.05) is 32.7 Å². The molecular weight excluding hydrogens is 232 g/mol. The fourth-order valence-corrected chi connectivity index (χ4v) is 1.67. The number of carbonyl (C=O) groups is 2. The third-order valence-electron chi connectivity index (χ3n) is 3.15. The maximum atomic E-state index is 11.9. The van der Waals surface area contributed by atoms with E-state index in [2.05, 4.69) is 10.6 Å². The van der Waals surface area contributed by atoms with E-state index in [1.165, 1.54) is 4.90 Å². The molecule has 0 spiro atoms. The Hall–Kier alpha value is -1.14. The van der Waals surface area contributed by atoms with E-state index in [1.54, 1.807) is 7.05 Å². The molecule has 0 aromatic rings. The van der Waals surface area contributed by atoms with Crippen LogP contribution in [0.3, 0.4) is 0 Å². The summed E-state index contributed by atoms with van der Waals surface area (Å²) < 4.78 is 0. The molecule has 0 saturated carbocycles. The second-order valence-electron chi connectivity index (χ2n) is 4.83. The van der Waals surface area contributed by atoms with E-state index in [4.69, 9.17) is 0 Å². The Morgan fingerprint density at radius 3 is 2.44 bits per heavy atom. The van der Waals surface area contributed by atoms with Crippen molar-refractivity contribution in [1.82, 2.24) is 20.4 Å². The summed E-state index contributed by atoms with van der Waals surface area (Å²) in [5.41, 5.74) is 0. The average molecular weight is 256 g/mol. The van der Waals surface area contributed by atoms with Crippen LogP contribution in [0, 0.1) is 0 Å². The van der Waals surface area contributed by atoms with E-state index in [1.807, 2.05) is 18.9 Å². The maximum absolute atomic E-state index is 11.9. The highest BCUT2D eigenvalue weighted by Crippen LogP contribution is 2.02. The van der Waals surface area contributed by atoms with Gasteiger partial charge in [-0.15, -0.1) is 0 Å². The van der Waals surface area contributed by atoms with Gasteiger partial charge in [0.2, 0.25) is 11.8 Å².